The van der Waals surface area contributed by atoms with Gasteiger partial charge in [-0.25, -0.2) is 9.97 Å². The molecule has 160 valence electrons. The van der Waals surface area contributed by atoms with Gasteiger partial charge in [0.05, 0.1) is 11.8 Å². The van der Waals surface area contributed by atoms with Gasteiger partial charge in [0, 0.05) is 37.9 Å². The maximum absolute atomic E-state index is 12.8. The average molecular weight is 434 g/mol. The SMILES string of the molecule is Cc1cc(N)nc(SCC(=O)N2CCN(C(c3ccccc3)c3ccccc3)CC2)n1. The van der Waals surface area contributed by atoms with Crippen LogP contribution in [0.5, 0.6) is 0 Å². The largest absolute Gasteiger partial charge is 0.384 e. The molecule has 2 aromatic carbocycles. The molecule has 0 aliphatic carbocycles. The molecule has 1 aliphatic heterocycles. The number of nitrogens with two attached hydrogens (primary N) is 1. The Bertz CT molecular complexity index is 947. The van der Waals surface area contributed by atoms with Crippen LogP contribution in [0.2, 0.25) is 0 Å². The summed E-state index contributed by atoms with van der Waals surface area (Å²) in [6.45, 7) is 4.97. The Morgan fingerprint density at radius 1 is 0.968 bits per heavy atom. The van der Waals surface area contributed by atoms with E-state index in [1.165, 1.54) is 22.9 Å². The second-order valence-corrected chi connectivity index (χ2v) is 8.59. The fraction of sp³-hybridized carbons (Fsp3) is 0.292. The normalized spacial score (nSPS) is 14.7. The monoisotopic (exact) mass is 433 g/mol. The summed E-state index contributed by atoms with van der Waals surface area (Å²) in [5.41, 5.74) is 9.14. The summed E-state index contributed by atoms with van der Waals surface area (Å²) in [6.07, 6.45) is 0. The smallest absolute Gasteiger partial charge is 0.233 e. The van der Waals surface area contributed by atoms with Crippen LogP contribution in [0.25, 0.3) is 0 Å². The lowest BCUT2D eigenvalue weighted by Crippen LogP contribution is -2.50. The first-order valence-corrected chi connectivity index (χ1v) is 11.4. The number of carbonyl (C=O) groups is 1. The third-order valence-corrected chi connectivity index (χ3v) is 6.27. The van der Waals surface area contributed by atoms with E-state index < -0.39 is 0 Å². The summed E-state index contributed by atoms with van der Waals surface area (Å²) in [5, 5.41) is 0.553. The van der Waals surface area contributed by atoms with Crippen molar-refractivity contribution in [3.8, 4) is 0 Å². The van der Waals surface area contributed by atoms with Crippen LogP contribution in [0.3, 0.4) is 0 Å². The van der Waals surface area contributed by atoms with E-state index in [1.807, 2.05) is 24.0 Å². The Balaban J connectivity index is 1.39. The van der Waals surface area contributed by atoms with E-state index in [-0.39, 0.29) is 11.9 Å². The number of carbonyl (C=O) groups excluding carboxylic acids is 1. The van der Waals surface area contributed by atoms with E-state index in [2.05, 4.69) is 63.4 Å². The summed E-state index contributed by atoms with van der Waals surface area (Å²) < 4.78 is 0. The first-order valence-electron chi connectivity index (χ1n) is 10.5. The summed E-state index contributed by atoms with van der Waals surface area (Å²) >= 11 is 1.34. The number of nitrogen functional groups attached to an aromatic ring is 1. The minimum atomic E-state index is 0.115. The first-order chi connectivity index (χ1) is 15.1. The fourth-order valence-corrected chi connectivity index (χ4v) is 4.77. The minimum Gasteiger partial charge on any atom is -0.384 e. The highest BCUT2D eigenvalue weighted by atomic mass is 32.2. The molecule has 0 bridgehead atoms. The fourth-order valence-electron chi connectivity index (χ4n) is 3.96. The van der Waals surface area contributed by atoms with E-state index >= 15 is 0 Å². The molecule has 0 radical (unpaired) electrons. The van der Waals surface area contributed by atoms with E-state index in [4.69, 9.17) is 5.73 Å². The number of thioether (sulfide) groups is 1. The molecule has 0 atom stereocenters. The van der Waals surface area contributed by atoms with E-state index in [0.29, 0.717) is 29.8 Å². The molecule has 31 heavy (non-hydrogen) atoms. The van der Waals surface area contributed by atoms with Crippen LogP contribution >= 0.6 is 11.8 Å². The van der Waals surface area contributed by atoms with Gasteiger partial charge < -0.3 is 10.6 Å². The van der Waals surface area contributed by atoms with Crippen molar-refractivity contribution in [2.75, 3.05) is 37.7 Å². The van der Waals surface area contributed by atoms with Crippen molar-refractivity contribution in [2.24, 2.45) is 0 Å². The van der Waals surface area contributed by atoms with Crippen LogP contribution in [0.15, 0.2) is 71.9 Å². The Labute approximate surface area is 187 Å². The van der Waals surface area contributed by atoms with E-state index in [9.17, 15) is 4.79 Å². The van der Waals surface area contributed by atoms with Gasteiger partial charge in [-0.05, 0) is 18.1 Å². The van der Waals surface area contributed by atoms with Gasteiger partial charge in [-0.1, -0.05) is 72.4 Å². The molecule has 1 aliphatic rings. The first kappa shape index (κ1) is 21.3. The van der Waals surface area contributed by atoms with Crippen LogP contribution in [-0.4, -0.2) is 57.6 Å². The number of nitrogens with zero attached hydrogens (tertiary/aromatic N) is 4. The lowest BCUT2D eigenvalue weighted by atomic mass is 9.96. The molecule has 1 saturated heterocycles. The van der Waals surface area contributed by atoms with Crippen molar-refractivity contribution in [2.45, 2.75) is 18.1 Å². The third kappa shape index (κ3) is 5.42. The van der Waals surface area contributed by atoms with Crippen LogP contribution in [-0.2, 0) is 4.79 Å². The predicted molar refractivity (Wildman–Crippen MR) is 125 cm³/mol. The maximum Gasteiger partial charge on any atom is 0.233 e. The molecule has 0 spiro atoms. The second-order valence-electron chi connectivity index (χ2n) is 7.65. The number of aryl methyl sites for hydroxylation is 1. The van der Waals surface area contributed by atoms with Gasteiger partial charge in [0.2, 0.25) is 5.91 Å². The lowest BCUT2D eigenvalue weighted by Gasteiger charge is -2.39. The van der Waals surface area contributed by atoms with Crippen molar-refractivity contribution in [3.63, 3.8) is 0 Å². The number of piperazine rings is 1. The van der Waals surface area contributed by atoms with Crippen LogP contribution in [0.1, 0.15) is 22.9 Å². The molecule has 6 nitrogen and oxygen atoms in total. The molecule has 2 N–H and O–H groups in total. The van der Waals surface area contributed by atoms with Crippen molar-refractivity contribution in [1.82, 2.24) is 19.8 Å². The number of amides is 1. The van der Waals surface area contributed by atoms with Crippen LogP contribution in [0, 0.1) is 6.92 Å². The zero-order chi connectivity index (χ0) is 21.6. The Hall–Kier alpha value is -2.90. The van der Waals surface area contributed by atoms with Crippen molar-refractivity contribution in [3.05, 3.63) is 83.6 Å². The summed E-state index contributed by atoms with van der Waals surface area (Å²) in [6, 6.07) is 23.1. The Kier molecular flexibility index (Phi) is 6.84. The van der Waals surface area contributed by atoms with Gasteiger partial charge in [0.25, 0.3) is 0 Å². The van der Waals surface area contributed by atoms with Gasteiger partial charge >= 0.3 is 0 Å². The number of rotatable bonds is 6. The molecule has 7 heteroatoms. The van der Waals surface area contributed by atoms with Gasteiger partial charge in [-0.2, -0.15) is 0 Å². The van der Waals surface area contributed by atoms with Crippen molar-refractivity contribution < 1.29 is 4.79 Å². The van der Waals surface area contributed by atoms with Gasteiger partial charge in [0.15, 0.2) is 5.16 Å². The Morgan fingerprint density at radius 3 is 2.10 bits per heavy atom. The summed E-state index contributed by atoms with van der Waals surface area (Å²) in [7, 11) is 0. The van der Waals surface area contributed by atoms with Gasteiger partial charge in [0.1, 0.15) is 5.82 Å². The Morgan fingerprint density at radius 2 is 1.55 bits per heavy atom. The highest BCUT2D eigenvalue weighted by Crippen LogP contribution is 2.29. The number of hydrogen-bond acceptors (Lipinski definition) is 6. The predicted octanol–water partition coefficient (Wildman–Crippen LogP) is 3.39. The molecule has 2 heterocycles. The van der Waals surface area contributed by atoms with Gasteiger partial charge in [-0.15, -0.1) is 0 Å². The molecule has 1 fully saturated rings. The molecule has 4 rings (SSSR count). The van der Waals surface area contributed by atoms with E-state index in [1.54, 1.807) is 6.07 Å². The molecule has 1 amide bonds. The highest BCUT2D eigenvalue weighted by Gasteiger charge is 2.28. The van der Waals surface area contributed by atoms with Crippen LogP contribution in [0.4, 0.5) is 5.82 Å². The lowest BCUT2D eigenvalue weighted by molar-refractivity contribution is -0.130. The number of aromatic nitrogens is 2. The second kappa shape index (κ2) is 9.94. The number of hydrogen-bond donors (Lipinski definition) is 1. The number of anilines is 1. The molecular weight excluding hydrogens is 406 g/mol. The van der Waals surface area contributed by atoms with Crippen molar-refractivity contribution >= 4 is 23.5 Å². The molecular formula is C24H27N5OS. The zero-order valence-corrected chi connectivity index (χ0v) is 18.5. The van der Waals surface area contributed by atoms with Crippen LogP contribution < -0.4 is 5.73 Å². The quantitative estimate of drug-likeness (QED) is 0.474. The van der Waals surface area contributed by atoms with E-state index in [0.717, 1.165) is 18.8 Å². The standard InChI is InChI=1S/C24H27N5OS/c1-18-16-21(25)27-24(26-18)31-17-22(30)28-12-14-29(15-13-28)23(19-8-4-2-5-9-19)20-10-6-3-7-11-20/h2-11,16,23H,12-15,17H2,1H3,(H2,25,26,27). The highest BCUT2D eigenvalue weighted by molar-refractivity contribution is 7.99. The summed E-state index contributed by atoms with van der Waals surface area (Å²) in [4.78, 5) is 25.7. The molecule has 0 saturated carbocycles. The average Bonchev–Trinajstić information content (AvgIpc) is 2.79. The molecule has 1 aromatic heterocycles. The third-order valence-electron chi connectivity index (χ3n) is 5.44. The van der Waals surface area contributed by atoms with Crippen molar-refractivity contribution in [1.29, 1.82) is 0 Å². The molecule has 0 unspecified atom stereocenters. The molecule has 3 aromatic rings. The topological polar surface area (TPSA) is 75.3 Å². The maximum atomic E-state index is 12.8. The zero-order valence-electron chi connectivity index (χ0n) is 17.6. The minimum absolute atomic E-state index is 0.115. The summed E-state index contributed by atoms with van der Waals surface area (Å²) in [5.74, 6) is 0.872. The van der Waals surface area contributed by atoms with Gasteiger partial charge in [-0.3, -0.25) is 9.69 Å². The number of benzene rings is 2.